The predicted molar refractivity (Wildman–Crippen MR) is 148 cm³/mol. The highest BCUT2D eigenvalue weighted by Crippen LogP contribution is 2.24. The molecule has 0 aliphatic rings. The van der Waals surface area contributed by atoms with E-state index in [1.54, 1.807) is 32.9 Å². The number of pyridine rings is 1. The third-order valence-corrected chi connectivity index (χ3v) is 5.48. The van der Waals surface area contributed by atoms with Gasteiger partial charge < -0.3 is 19.6 Å². The molecule has 12 nitrogen and oxygen atoms in total. The molecule has 2 aromatic heterocycles. The van der Waals surface area contributed by atoms with Crippen LogP contribution in [0.3, 0.4) is 0 Å². The van der Waals surface area contributed by atoms with Crippen LogP contribution >= 0.6 is 0 Å². The monoisotopic (exact) mass is 542 g/mol. The second-order valence-corrected chi connectivity index (χ2v) is 9.92. The maximum atomic E-state index is 13.0. The Bertz CT molecular complexity index is 1170. The predicted octanol–water partition coefficient (Wildman–Crippen LogP) is 4.74. The quantitative estimate of drug-likeness (QED) is 0.227. The molecule has 0 saturated heterocycles. The highest BCUT2D eigenvalue weighted by molar-refractivity contribution is 6.40. The molecule has 2 heterocycles. The van der Waals surface area contributed by atoms with Crippen molar-refractivity contribution < 1.29 is 28.6 Å². The summed E-state index contributed by atoms with van der Waals surface area (Å²) in [7, 11) is 1.40. The van der Waals surface area contributed by atoms with Crippen molar-refractivity contribution in [2.24, 2.45) is 4.99 Å². The number of hydrogen-bond donors (Lipinski definition) is 3. The Morgan fingerprint density at radius 1 is 1.23 bits per heavy atom. The number of aromatic nitrogens is 2. The van der Waals surface area contributed by atoms with Gasteiger partial charge in [0.2, 0.25) is 5.89 Å². The van der Waals surface area contributed by atoms with Gasteiger partial charge in [-0.05, 0) is 39.3 Å². The van der Waals surface area contributed by atoms with Crippen LogP contribution in [-0.4, -0.2) is 70.2 Å². The Hall–Kier alpha value is -4.09. The van der Waals surface area contributed by atoms with E-state index in [-0.39, 0.29) is 11.6 Å². The molecule has 2 aromatic rings. The fourth-order valence-electron chi connectivity index (χ4n) is 3.56. The van der Waals surface area contributed by atoms with Crippen LogP contribution in [0.1, 0.15) is 76.7 Å². The lowest BCUT2D eigenvalue weighted by molar-refractivity contribution is -0.129. The summed E-state index contributed by atoms with van der Waals surface area (Å²) >= 11 is 0. The van der Waals surface area contributed by atoms with Gasteiger partial charge in [-0.3, -0.25) is 20.1 Å². The number of carbonyl (C=O) groups excluding carboxylic acids is 2. The highest BCUT2D eigenvalue weighted by atomic mass is 16.6. The van der Waals surface area contributed by atoms with Crippen LogP contribution in [0.2, 0.25) is 0 Å². The average Bonchev–Trinajstić information content (AvgIpc) is 3.37. The Balaban J connectivity index is 2.23. The highest BCUT2D eigenvalue weighted by Gasteiger charge is 2.26. The zero-order valence-electron chi connectivity index (χ0n) is 23.2. The van der Waals surface area contributed by atoms with Crippen molar-refractivity contribution in [3.8, 4) is 11.5 Å². The van der Waals surface area contributed by atoms with Crippen LogP contribution in [0.4, 0.5) is 10.6 Å². The maximum absolute atomic E-state index is 13.0. The molecule has 39 heavy (non-hydrogen) atoms. The summed E-state index contributed by atoms with van der Waals surface area (Å²) in [5.74, 6) is -1.77. The first kappa shape index (κ1) is 31.1. The lowest BCUT2D eigenvalue weighted by atomic mass is 10.1. The molecular weight excluding hydrogens is 504 g/mol. The zero-order chi connectivity index (χ0) is 29.0. The number of nitrogens with zero attached hydrogens (tertiary/aromatic N) is 4. The van der Waals surface area contributed by atoms with E-state index in [1.165, 1.54) is 24.6 Å². The van der Waals surface area contributed by atoms with Gasteiger partial charge >= 0.3 is 12.1 Å². The molecule has 0 radical (unpaired) electrons. The van der Waals surface area contributed by atoms with E-state index in [2.05, 4.69) is 27.2 Å². The average molecular weight is 543 g/mol. The maximum Gasteiger partial charge on any atom is 0.416 e. The van der Waals surface area contributed by atoms with Gasteiger partial charge in [0.15, 0.2) is 5.69 Å². The molecule has 12 heteroatoms. The van der Waals surface area contributed by atoms with Crippen LogP contribution < -0.4 is 10.2 Å². The van der Waals surface area contributed by atoms with Gasteiger partial charge in [-0.25, -0.2) is 19.6 Å². The van der Waals surface area contributed by atoms with Crippen molar-refractivity contribution >= 4 is 35.7 Å². The summed E-state index contributed by atoms with van der Waals surface area (Å²) in [5, 5.41) is 19.1. The number of hydrogen-bond acceptors (Lipinski definition) is 9. The number of aliphatic carboxylic acids is 1. The summed E-state index contributed by atoms with van der Waals surface area (Å²) in [4.78, 5) is 50.6. The molecule has 0 aromatic carbocycles. The largest absolute Gasteiger partial charge is 0.477 e. The van der Waals surface area contributed by atoms with E-state index in [4.69, 9.17) is 19.7 Å². The minimum absolute atomic E-state index is 0.0986. The topological polar surface area (TPSA) is 171 Å². The molecule has 0 bridgehead atoms. The van der Waals surface area contributed by atoms with Crippen molar-refractivity contribution in [2.75, 3.05) is 18.5 Å². The zero-order valence-corrected chi connectivity index (χ0v) is 23.2. The fourth-order valence-corrected chi connectivity index (χ4v) is 3.56. The molecular formula is C27H38N6O6. The number of amides is 2. The van der Waals surface area contributed by atoms with Crippen molar-refractivity contribution in [2.45, 2.75) is 77.9 Å². The lowest BCUT2D eigenvalue weighted by Gasteiger charge is -2.27. The van der Waals surface area contributed by atoms with Crippen molar-refractivity contribution in [3.63, 3.8) is 0 Å². The van der Waals surface area contributed by atoms with Gasteiger partial charge in [-0.1, -0.05) is 39.0 Å². The molecule has 0 fully saturated rings. The first-order chi connectivity index (χ1) is 18.5. The van der Waals surface area contributed by atoms with Gasteiger partial charge in [-0.15, -0.1) is 0 Å². The molecule has 212 valence electrons. The third-order valence-electron chi connectivity index (χ3n) is 5.48. The Morgan fingerprint density at radius 3 is 2.56 bits per heavy atom. The second-order valence-electron chi connectivity index (χ2n) is 9.92. The molecule has 0 saturated carbocycles. The van der Waals surface area contributed by atoms with Crippen LogP contribution in [0.15, 0.2) is 34.0 Å². The van der Waals surface area contributed by atoms with Crippen molar-refractivity contribution in [1.29, 1.82) is 5.41 Å². The Kier molecular flexibility index (Phi) is 11.8. The fraction of sp³-hybridized carbons (Fsp3) is 0.519. The molecule has 0 spiro atoms. The van der Waals surface area contributed by atoms with E-state index in [0.29, 0.717) is 17.9 Å². The standard InChI is InChI=1S/C27H38N6O6/c1-6-7-8-9-10-11-14-33(26(37)39-27(2,3)4)21-15-18(12-13-30-21)24-32-20(17-38-24)23(34)31-19(16-29-5)22(28)25(35)36/h12-13,15-17,19,28H,6-11,14H2,1-5H3,(H,31,34)(H,35,36). The normalized spacial score (nSPS) is 12.2. The molecule has 1 atom stereocenters. The SMILES string of the molecule is CCCCCCCCN(C(=O)OC(C)(C)C)c1cc(-c2nc(C(=O)NC(C=NC)C(=N)C(=O)O)co2)ccn1. The van der Waals surface area contributed by atoms with E-state index >= 15 is 0 Å². The number of rotatable bonds is 14. The van der Waals surface area contributed by atoms with E-state index in [1.807, 2.05) is 0 Å². The summed E-state index contributed by atoms with van der Waals surface area (Å²) in [5.41, 5.74) is -1.08. The van der Waals surface area contributed by atoms with Crippen LogP contribution in [0, 0.1) is 5.41 Å². The van der Waals surface area contributed by atoms with Gasteiger partial charge in [-0.2, -0.15) is 0 Å². The van der Waals surface area contributed by atoms with Crippen LogP contribution in [-0.2, 0) is 9.53 Å². The van der Waals surface area contributed by atoms with Crippen LogP contribution in [0.25, 0.3) is 11.5 Å². The first-order valence-corrected chi connectivity index (χ1v) is 12.9. The van der Waals surface area contributed by atoms with Gasteiger partial charge in [0.1, 0.15) is 29.4 Å². The number of carboxylic acids is 1. The summed E-state index contributed by atoms with van der Waals surface area (Å²) in [6.07, 6.45) is 9.59. The Labute approximate surface area is 228 Å². The van der Waals surface area contributed by atoms with Crippen molar-refractivity contribution in [1.82, 2.24) is 15.3 Å². The third kappa shape index (κ3) is 9.95. The summed E-state index contributed by atoms with van der Waals surface area (Å²) in [6, 6.07) is 2.01. The minimum Gasteiger partial charge on any atom is -0.477 e. The van der Waals surface area contributed by atoms with Gasteiger partial charge in [0.25, 0.3) is 5.91 Å². The number of oxazole rings is 1. The molecule has 0 aliphatic heterocycles. The minimum atomic E-state index is -1.49. The molecule has 2 amide bonds. The number of unbranched alkanes of at least 4 members (excludes halogenated alkanes) is 5. The molecule has 1 unspecified atom stereocenters. The molecule has 2 rings (SSSR count). The van der Waals surface area contributed by atoms with Crippen LogP contribution in [0.5, 0.6) is 0 Å². The smallest absolute Gasteiger partial charge is 0.416 e. The second kappa shape index (κ2) is 14.7. The number of carboxylic acid groups (broad SMARTS) is 1. The van der Waals surface area contributed by atoms with Gasteiger partial charge in [0, 0.05) is 31.6 Å². The molecule has 0 aliphatic carbocycles. The van der Waals surface area contributed by atoms with Gasteiger partial charge in [0.05, 0.1) is 0 Å². The van der Waals surface area contributed by atoms with E-state index < -0.39 is 35.3 Å². The number of aliphatic imine (C=N–C) groups is 1. The summed E-state index contributed by atoms with van der Waals surface area (Å²) < 4.78 is 11.1. The number of carbonyl (C=O) groups is 3. The van der Waals surface area contributed by atoms with Crippen molar-refractivity contribution in [3.05, 3.63) is 30.3 Å². The number of nitrogens with one attached hydrogen (secondary N) is 2. The summed E-state index contributed by atoms with van der Waals surface area (Å²) in [6.45, 7) is 7.98. The molecule has 3 N–H and O–H groups in total. The van der Waals surface area contributed by atoms with E-state index in [9.17, 15) is 14.4 Å². The van der Waals surface area contributed by atoms with E-state index in [0.717, 1.165) is 44.6 Å². The lowest BCUT2D eigenvalue weighted by Crippen LogP contribution is -2.44. The Morgan fingerprint density at radius 2 is 1.92 bits per heavy atom. The number of ether oxygens (including phenoxy) is 1. The number of anilines is 1. The first-order valence-electron chi connectivity index (χ1n) is 12.9.